The SMILES string of the molecule is CCCC1OC(c2cn(CCC(=O)NCCNC(=O)CCCCOC3OC(COC(C)=O)C(OC(C)=O)C(OC(C)=O)C3C)c(=O)[nH]c2=O)C(CC)C1OP(OCCC#N)N(C(C)C)C(C)C. The van der Waals surface area contributed by atoms with Crippen molar-refractivity contribution in [2.24, 2.45) is 11.8 Å². The number of rotatable bonds is 28. The Kier molecular flexibility index (Phi) is 24.6. The van der Waals surface area contributed by atoms with Crippen LogP contribution >= 0.6 is 8.53 Å². The third-order valence-corrected chi connectivity index (χ3v) is 13.3. The van der Waals surface area contributed by atoms with Gasteiger partial charge in [-0.1, -0.05) is 27.2 Å². The molecule has 3 rings (SSSR count). The molecule has 0 aromatic carbocycles. The van der Waals surface area contributed by atoms with Gasteiger partial charge in [0.2, 0.25) is 11.8 Å². The number of hydrogen-bond donors (Lipinski definition) is 3. The van der Waals surface area contributed by atoms with Crippen LogP contribution in [-0.4, -0.2) is 126 Å². The summed E-state index contributed by atoms with van der Waals surface area (Å²) in [5.41, 5.74) is -0.974. The summed E-state index contributed by atoms with van der Waals surface area (Å²) in [4.78, 5) is 89.3. The minimum Gasteiger partial charge on any atom is -0.463 e. The van der Waals surface area contributed by atoms with Crippen LogP contribution in [0.2, 0.25) is 0 Å². The number of amides is 2. The van der Waals surface area contributed by atoms with Gasteiger partial charge in [-0.05, 0) is 53.4 Å². The fourth-order valence-electron chi connectivity index (χ4n) is 8.18. The molecule has 22 heteroatoms. The summed E-state index contributed by atoms with van der Waals surface area (Å²) in [7, 11) is -1.59. The lowest BCUT2D eigenvalue weighted by Crippen LogP contribution is -2.58. The van der Waals surface area contributed by atoms with Gasteiger partial charge in [-0.3, -0.25) is 38.3 Å². The lowest BCUT2D eigenvalue weighted by molar-refractivity contribution is -0.288. The zero-order chi connectivity index (χ0) is 49.8. The number of hydrogen-bond acceptors (Lipinski definition) is 17. The first-order chi connectivity index (χ1) is 31.8. The molecule has 21 nitrogen and oxygen atoms in total. The Morgan fingerprint density at radius 2 is 1.52 bits per heavy atom. The monoisotopic (exact) mass is 968 g/mol. The van der Waals surface area contributed by atoms with Crippen LogP contribution in [0.15, 0.2) is 15.8 Å². The van der Waals surface area contributed by atoms with Crippen LogP contribution in [0.1, 0.15) is 132 Å². The first-order valence-electron chi connectivity index (χ1n) is 23.4. The minimum atomic E-state index is -1.59. The Balaban J connectivity index is 1.51. The number of nitrogens with zero attached hydrogens (tertiary/aromatic N) is 3. The highest BCUT2D eigenvalue weighted by Gasteiger charge is 2.50. The van der Waals surface area contributed by atoms with Crippen molar-refractivity contribution in [1.29, 1.82) is 5.26 Å². The van der Waals surface area contributed by atoms with E-state index in [1.807, 2.05) is 13.8 Å². The van der Waals surface area contributed by atoms with Gasteiger partial charge in [0, 0.05) is 90.0 Å². The number of aromatic amines is 1. The van der Waals surface area contributed by atoms with Crippen LogP contribution in [0, 0.1) is 23.2 Å². The van der Waals surface area contributed by atoms with Gasteiger partial charge in [0.15, 0.2) is 12.4 Å². The van der Waals surface area contributed by atoms with Gasteiger partial charge >= 0.3 is 23.6 Å². The van der Waals surface area contributed by atoms with Crippen molar-refractivity contribution in [3.8, 4) is 6.07 Å². The van der Waals surface area contributed by atoms with Gasteiger partial charge in [0.1, 0.15) is 18.8 Å². The fraction of sp³-hybridized carbons (Fsp3) is 0.778. The number of carbonyl (C=O) groups is 5. The number of aromatic nitrogens is 2. The lowest BCUT2D eigenvalue weighted by atomic mass is 9.89. The topological polar surface area (TPSA) is 265 Å². The Morgan fingerprint density at radius 3 is 2.10 bits per heavy atom. The molecule has 0 spiro atoms. The maximum absolute atomic E-state index is 13.4. The number of esters is 3. The summed E-state index contributed by atoms with van der Waals surface area (Å²) in [5.74, 6) is -3.22. The van der Waals surface area contributed by atoms with E-state index >= 15 is 0 Å². The summed E-state index contributed by atoms with van der Waals surface area (Å²) in [6.07, 6.45) is -0.526. The van der Waals surface area contributed by atoms with Crippen molar-refractivity contribution in [2.45, 2.75) is 182 Å². The van der Waals surface area contributed by atoms with E-state index in [2.05, 4.69) is 54.1 Å². The number of carbonyl (C=O) groups excluding carboxylic acids is 5. The zero-order valence-corrected chi connectivity index (χ0v) is 41.6. The van der Waals surface area contributed by atoms with Gasteiger partial charge in [-0.25, -0.2) is 9.46 Å². The molecule has 2 saturated heterocycles. The second-order valence-corrected chi connectivity index (χ2v) is 18.6. The van der Waals surface area contributed by atoms with Crippen LogP contribution in [-0.2, 0) is 68.0 Å². The lowest BCUT2D eigenvalue weighted by Gasteiger charge is -2.43. The summed E-state index contributed by atoms with van der Waals surface area (Å²) in [6, 6.07) is 2.30. The molecule has 2 fully saturated rings. The summed E-state index contributed by atoms with van der Waals surface area (Å²) < 4.78 is 51.0. The van der Waals surface area contributed by atoms with E-state index in [9.17, 15) is 38.8 Å². The van der Waals surface area contributed by atoms with Crippen molar-refractivity contribution < 1.29 is 61.4 Å². The normalized spacial score (nSPS) is 24.3. The molecule has 0 saturated carbocycles. The summed E-state index contributed by atoms with van der Waals surface area (Å²) in [5, 5.41) is 14.7. The quantitative estimate of drug-likeness (QED) is 0.0463. The van der Waals surface area contributed by atoms with Gasteiger partial charge in [0.25, 0.3) is 14.1 Å². The molecule has 0 bridgehead atoms. The van der Waals surface area contributed by atoms with Gasteiger partial charge in [0.05, 0.1) is 43.0 Å². The molecule has 0 radical (unpaired) electrons. The van der Waals surface area contributed by atoms with E-state index in [0.29, 0.717) is 25.7 Å². The number of aryl methyl sites for hydroxylation is 1. The molecular weight excluding hydrogens is 895 g/mol. The van der Waals surface area contributed by atoms with E-state index in [1.54, 1.807) is 6.92 Å². The predicted molar refractivity (Wildman–Crippen MR) is 244 cm³/mol. The van der Waals surface area contributed by atoms with E-state index in [1.165, 1.54) is 31.5 Å². The molecule has 2 amide bonds. The number of H-pyrrole nitrogens is 1. The first-order valence-corrected chi connectivity index (χ1v) is 24.5. The predicted octanol–water partition coefficient (Wildman–Crippen LogP) is 4.06. The highest BCUT2D eigenvalue weighted by Crippen LogP contribution is 2.53. The number of unbranched alkanes of at least 4 members (excludes halogenated alkanes) is 1. The standard InChI is InChI=1S/C45H73N6O15P/c1-11-16-35-41(66-67(61-24-15-19-46)51(27(3)4)28(5)6)33(12-2)40(64-35)34-25-50(45(58)49-43(34)57)22-18-38(56)48-21-20-47-37(55)17-13-14-23-59-44-29(7)39(62-31(9)53)42(63-32(10)54)36(65-44)26-60-30(8)52/h25,27-29,33,35-36,39-42,44H,11-18,20-24,26H2,1-10H3,(H,47,55)(H,48,56)(H,49,57,58). The fourth-order valence-corrected chi connectivity index (χ4v) is 9.98. The van der Waals surface area contributed by atoms with Gasteiger partial charge in [-0.2, -0.15) is 5.26 Å². The molecule has 1 aromatic heterocycles. The van der Waals surface area contributed by atoms with E-state index < -0.39 is 80.4 Å². The van der Waals surface area contributed by atoms with Crippen LogP contribution in [0.4, 0.5) is 0 Å². The maximum Gasteiger partial charge on any atom is 0.328 e. The molecule has 378 valence electrons. The van der Waals surface area contributed by atoms with E-state index in [0.717, 1.165) is 6.42 Å². The second kappa shape index (κ2) is 28.9. The van der Waals surface area contributed by atoms with E-state index in [4.69, 9.17) is 37.5 Å². The van der Waals surface area contributed by atoms with Crippen LogP contribution in [0.3, 0.4) is 0 Å². The summed E-state index contributed by atoms with van der Waals surface area (Å²) >= 11 is 0. The third kappa shape index (κ3) is 18.0. The number of nitrogens with one attached hydrogen (secondary N) is 3. The zero-order valence-electron chi connectivity index (χ0n) is 40.7. The average Bonchev–Trinajstić information content (AvgIpc) is 3.58. The van der Waals surface area contributed by atoms with Crippen molar-refractivity contribution in [1.82, 2.24) is 24.9 Å². The Hall–Kier alpha value is -4.29. The Morgan fingerprint density at radius 1 is 0.881 bits per heavy atom. The molecule has 3 heterocycles. The third-order valence-electron chi connectivity index (χ3n) is 11.2. The molecule has 2 aliphatic rings. The van der Waals surface area contributed by atoms with E-state index in [-0.39, 0.29) is 100 Å². The second-order valence-electron chi connectivity index (χ2n) is 17.2. The Labute approximate surface area is 394 Å². The van der Waals surface area contributed by atoms with Crippen LogP contribution < -0.4 is 21.9 Å². The highest BCUT2D eigenvalue weighted by atomic mass is 31.2. The molecule has 10 atom stereocenters. The summed E-state index contributed by atoms with van der Waals surface area (Å²) in [6.45, 7) is 18.1. The van der Waals surface area contributed by atoms with Crippen LogP contribution in [0.25, 0.3) is 0 Å². The van der Waals surface area contributed by atoms with Gasteiger partial charge in [-0.15, -0.1) is 0 Å². The molecule has 1 aromatic rings. The first kappa shape index (κ1) is 57.0. The molecule has 10 unspecified atom stereocenters. The maximum atomic E-state index is 13.4. The molecule has 67 heavy (non-hydrogen) atoms. The smallest absolute Gasteiger partial charge is 0.328 e. The highest BCUT2D eigenvalue weighted by molar-refractivity contribution is 7.44. The van der Waals surface area contributed by atoms with Crippen molar-refractivity contribution in [3.63, 3.8) is 0 Å². The minimum absolute atomic E-state index is 0.0187. The average molecular weight is 969 g/mol. The Bertz CT molecular complexity index is 1920. The van der Waals surface area contributed by atoms with Crippen molar-refractivity contribution >= 4 is 38.2 Å². The molecular formula is C45H73N6O15P. The molecule has 2 aliphatic heterocycles. The van der Waals surface area contributed by atoms with Crippen LogP contribution in [0.5, 0.6) is 0 Å². The van der Waals surface area contributed by atoms with Crippen molar-refractivity contribution in [2.75, 3.05) is 32.9 Å². The molecule has 0 aliphatic carbocycles. The molecule has 3 N–H and O–H groups in total. The van der Waals surface area contributed by atoms with Crippen molar-refractivity contribution in [3.05, 3.63) is 32.6 Å². The largest absolute Gasteiger partial charge is 0.463 e. The number of ether oxygens (including phenoxy) is 6. The number of nitriles is 1. The van der Waals surface area contributed by atoms with Gasteiger partial charge < -0.3 is 48.1 Å².